The number of rotatable bonds is 14. The molecular weight excluding hydrogens is 783 g/mol. The number of amides is 3. The van der Waals surface area contributed by atoms with E-state index in [1.165, 1.54) is 0 Å². The number of ether oxygens (including phenoxy) is 3. The predicted molar refractivity (Wildman–Crippen MR) is 236 cm³/mol. The van der Waals surface area contributed by atoms with Crippen LogP contribution in [0.4, 0.5) is 4.79 Å². The number of cyclic esters (lactones) is 1. The third kappa shape index (κ3) is 12.0. The first-order valence-corrected chi connectivity index (χ1v) is 21.3. The molecule has 1 aliphatic carbocycles. The summed E-state index contributed by atoms with van der Waals surface area (Å²) in [4.78, 5) is 54.2. The second-order valence-corrected chi connectivity index (χ2v) is 15.8. The maximum Gasteiger partial charge on any atom is 0.407 e. The number of hydrogen-bond donors (Lipinski definition) is 4. The SMILES string of the molecule is O=C(C[C@H]1CC=CCC[C@H](NC(=O)OCC2c3ccccc3-c3ccccc32)C(=O)OC[C@@H](Cc2ccccc2)NC1=O)N[C@H](CO)Cc1ccc(OCc2ccccc2)cc1. The summed E-state index contributed by atoms with van der Waals surface area (Å²) in [5.74, 6) is -1.54. The van der Waals surface area contributed by atoms with Crippen molar-refractivity contribution in [2.45, 2.75) is 69.2 Å². The lowest BCUT2D eigenvalue weighted by Crippen LogP contribution is -2.47. The Morgan fingerprint density at radius 3 is 2.10 bits per heavy atom. The smallest absolute Gasteiger partial charge is 0.407 e. The number of esters is 1. The van der Waals surface area contributed by atoms with E-state index >= 15 is 0 Å². The normalized spacial score (nSPS) is 18.3. The molecule has 0 saturated heterocycles. The van der Waals surface area contributed by atoms with Crippen molar-refractivity contribution < 1.29 is 38.5 Å². The number of allylic oxidation sites excluding steroid dienone is 2. The Morgan fingerprint density at radius 2 is 1.42 bits per heavy atom. The van der Waals surface area contributed by atoms with Gasteiger partial charge >= 0.3 is 12.1 Å². The van der Waals surface area contributed by atoms with Crippen molar-refractivity contribution in [1.82, 2.24) is 16.0 Å². The van der Waals surface area contributed by atoms with Crippen molar-refractivity contribution in [2.24, 2.45) is 5.92 Å². The van der Waals surface area contributed by atoms with Crippen LogP contribution in [-0.2, 0) is 43.3 Å². The average molecular weight is 836 g/mol. The Morgan fingerprint density at radius 1 is 0.774 bits per heavy atom. The van der Waals surface area contributed by atoms with Crippen LogP contribution in [0.2, 0.25) is 0 Å². The molecule has 7 rings (SSSR count). The highest BCUT2D eigenvalue weighted by molar-refractivity contribution is 5.86. The number of carbonyl (C=O) groups excluding carboxylic acids is 4. The van der Waals surface area contributed by atoms with E-state index in [1.54, 1.807) is 0 Å². The maximum atomic E-state index is 13.9. The lowest BCUT2D eigenvalue weighted by molar-refractivity contribution is -0.147. The van der Waals surface area contributed by atoms with Gasteiger partial charge in [0.2, 0.25) is 11.8 Å². The van der Waals surface area contributed by atoms with Crippen LogP contribution in [0.15, 0.2) is 146 Å². The molecule has 5 aromatic carbocycles. The van der Waals surface area contributed by atoms with Crippen molar-refractivity contribution >= 4 is 23.9 Å². The lowest BCUT2D eigenvalue weighted by Gasteiger charge is -2.24. The molecule has 0 saturated carbocycles. The van der Waals surface area contributed by atoms with Gasteiger partial charge in [-0.2, -0.15) is 0 Å². The molecule has 5 aromatic rings. The molecule has 0 fully saturated rings. The van der Waals surface area contributed by atoms with Gasteiger partial charge < -0.3 is 35.3 Å². The molecule has 320 valence electrons. The Bertz CT molecular complexity index is 2250. The summed E-state index contributed by atoms with van der Waals surface area (Å²) in [5.41, 5.74) is 7.27. The number of aliphatic hydroxyl groups is 1. The Balaban J connectivity index is 0.967. The summed E-state index contributed by atoms with van der Waals surface area (Å²) in [5, 5.41) is 18.9. The van der Waals surface area contributed by atoms with Gasteiger partial charge in [-0.25, -0.2) is 9.59 Å². The van der Waals surface area contributed by atoms with E-state index < -0.39 is 36.1 Å². The van der Waals surface area contributed by atoms with E-state index in [9.17, 15) is 24.3 Å². The van der Waals surface area contributed by atoms with Crippen molar-refractivity contribution in [3.05, 3.63) is 173 Å². The van der Waals surface area contributed by atoms with Gasteiger partial charge in [0, 0.05) is 12.3 Å². The monoisotopic (exact) mass is 835 g/mol. The highest BCUT2D eigenvalue weighted by atomic mass is 16.6. The number of fused-ring (bicyclic) bond motifs is 3. The van der Waals surface area contributed by atoms with E-state index in [-0.39, 0.29) is 56.8 Å². The number of alkyl carbamates (subject to hydrolysis) is 1. The highest BCUT2D eigenvalue weighted by Gasteiger charge is 2.31. The van der Waals surface area contributed by atoms with Crippen LogP contribution < -0.4 is 20.7 Å². The van der Waals surface area contributed by atoms with Gasteiger partial charge in [0.15, 0.2) is 0 Å². The van der Waals surface area contributed by atoms with Gasteiger partial charge in [-0.1, -0.05) is 133 Å². The molecule has 0 radical (unpaired) electrons. The van der Waals surface area contributed by atoms with Crippen LogP contribution in [0, 0.1) is 5.92 Å². The molecule has 62 heavy (non-hydrogen) atoms. The molecule has 1 heterocycles. The molecule has 3 amide bonds. The molecule has 4 atom stereocenters. The molecule has 11 heteroatoms. The summed E-state index contributed by atoms with van der Waals surface area (Å²) in [6.07, 6.45) is 4.42. The van der Waals surface area contributed by atoms with Gasteiger partial charge in [-0.3, -0.25) is 9.59 Å². The first-order valence-electron chi connectivity index (χ1n) is 21.3. The van der Waals surface area contributed by atoms with Crippen LogP contribution in [0.5, 0.6) is 5.75 Å². The maximum absolute atomic E-state index is 13.9. The predicted octanol–water partition coefficient (Wildman–Crippen LogP) is 7.21. The summed E-state index contributed by atoms with van der Waals surface area (Å²) in [6, 6.07) is 40.9. The zero-order valence-corrected chi connectivity index (χ0v) is 34.6. The van der Waals surface area contributed by atoms with Crippen LogP contribution in [0.1, 0.15) is 59.4 Å². The zero-order valence-electron chi connectivity index (χ0n) is 34.6. The fourth-order valence-electron chi connectivity index (χ4n) is 8.03. The quantitative estimate of drug-likeness (QED) is 0.0677. The van der Waals surface area contributed by atoms with Gasteiger partial charge in [-0.15, -0.1) is 0 Å². The van der Waals surface area contributed by atoms with E-state index in [4.69, 9.17) is 14.2 Å². The largest absolute Gasteiger partial charge is 0.489 e. The van der Waals surface area contributed by atoms with Crippen molar-refractivity contribution in [3.63, 3.8) is 0 Å². The van der Waals surface area contributed by atoms with Gasteiger partial charge in [0.05, 0.1) is 24.6 Å². The summed E-state index contributed by atoms with van der Waals surface area (Å²) < 4.78 is 17.4. The molecule has 0 unspecified atom stereocenters. The van der Waals surface area contributed by atoms with Crippen molar-refractivity contribution in [1.29, 1.82) is 0 Å². The standard InChI is InChI=1S/C51H53N3O8/c55-31-39(28-36-24-26-41(27-25-36)60-32-37-16-6-2-7-17-37)52-48(56)30-38-18-8-3-9-23-47(50(58)61-33-40(53-49(38)57)29-35-14-4-1-5-15-35)54-51(59)62-34-46-44-21-12-10-19-42(44)43-20-11-13-22-45(43)46/h1-8,10-17,19-22,24-27,38-40,46-47,55H,9,18,23,28-34H2,(H,52,56)(H,53,57)(H,54,59)/t38-,39+,40-,47+/m1/s1. The minimum atomic E-state index is -1.00. The Kier molecular flexibility index (Phi) is 15.2. The Labute approximate surface area is 362 Å². The number of aliphatic hydroxyl groups excluding tert-OH is 1. The summed E-state index contributed by atoms with van der Waals surface area (Å²) in [7, 11) is 0. The van der Waals surface area contributed by atoms with Gasteiger partial charge in [0.1, 0.15) is 31.6 Å². The third-order valence-electron chi connectivity index (χ3n) is 11.3. The molecule has 0 bridgehead atoms. The number of nitrogens with one attached hydrogen (secondary N) is 3. The first kappa shape index (κ1) is 43.4. The summed E-state index contributed by atoms with van der Waals surface area (Å²) in [6.45, 7) is 0.0969. The fourth-order valence-corrected chi connectivity index (χ4v) is 8.03. The van der Waals surface area contributed by atoms with Crippen LogP contribution in [-0.4, -0.2) is 66.9 Å². The van der Waals surface area contributed by atoms with E-state index in [0.717, 1.165) is 38.9 Å². The lowest BCUT2D eigenvalue weighted by atomic mass is 9.97. The number of carbonyl (C=O) groups is 4. The van der Waals surface area contributed by atoms with Crippen molar-refractivity contribution in [2.75, 3.05) is 19.8 Å². The minimum Gasteiger partial charge on any atom is -0.489 e. The zero-order chi connectivity index (χ0) is 43.1. The van der Waals surface area contributed by atoms with E-state index in [0.29, 0.717) is 31.6 Å². The number of benzene rings is 5. The molecule has 0 aromatic heterocycles. The van der Waals surface area contributed by atoms with Crippen LogP contribution in [0.3, 0.4) is 0 Å². The number of hydrogen-bond acceptors (Lipinski definition) is 8. The molecule has 11 nitrogen and oxygen atoms in total. The molecule has 4 N–H and O–H groups in total. The minimum absolute atomic E-state index is 0.0961. The van der Waals surface area contributed by atoms with Crippen LogP contribution in [0.25, 0.3) is 11.1 Å². The summed E-state index contributed by atoms with van der Waals surface area (Å²) >= 11 is 0. The van der Waals surface area contributed by atoms with Crippen molar-refractivity contribution in [3.8, 4) is 16.9 Å². The fraction of sp³-hybridized carbons (Fsp3) is 0.294. The topological polar surface area (TPSA) is 152 Å². The molecular formula is C51H53N3O8. The second kappa shape index (κ2) is 21.7. The van der Waals surface area contributed by atoms with Gasteiger partial charge in [0.25, 0.3) is 0 Å². The van der Waals surface area contributed by atoms with Crippen LogP contribution >= 0.6 is 0 Å². The third-order valence-corrected chi connectivity index (χ3v) is 11.3. The second-order valence-electron chi connectivity index (χ2n) is 15.8. The average Bonchev–Trinajstić information content (AvgIpc) is 3.62. The van der Waals surface area contributed by atoms with E-state index in [1.807, 2.05) is 133 Å². The molecule has 2 aliphatic rings. The first-order chi connectivity index (χ1) is 30.3. The molecule has 1 aliphatic heterocycles. The van der Waals surface area contributed by atoms with E-state index in [2.05, 4.69) is 28.1 Å². The molecule has 0 spiro atoms. The van der Waals surface area contributed by atoms with Gasteiger partial charge in [-0.05, 0) is 83.2 Å². The Hall–Kier alpha value is -6.72. The highest BCUT2D eigenvalue weighted by Crippen LogP contribution is 2.44.